The van der Waals surface area contributed by atoms with Gasteiger partial charge in [0.15, 0.2) is 6.10 Å². The second kappa shape index (κ2) is 7.34. The Balaban J connectivity index is 2.61. The van der Waals surface area contributed by atoms with E-state index in [1.165, 1.54) is 7.11 Å². The molecule has 3 N–H and O–H groups in total. The molecule has 0 aromatic heterocycles. The van der Waals surface area contributed by atoms with Gasteiger partial charge >= 0.3 is 12.0 Å². The van der Waals surface area contributed by atoms with Crippen LogP contribution in [0.4, 0.5) is 16.2 Å². The predicted molar refractivity (Wildman–Crippen MR) is 76.2 cm³/mol. The molecule has 0 radical (unpaired) electrons. The number of carboxylic acid groups (broad SMARTS) is 1. The van der Waals surface area contributed by atoms with Gasteiger partial charge in [0, 0.05) is 21.2 Å². The van der Waals surface area contributed by atoms with E-state index in [2.05, 4.69) is 10.6 Å². The zero-order valence-corrected chi connectivity index (χ0v) is 11.7. The molecule has 0 aliphatic heterocycles. The van der Waals surface area contributed by atoms with E-state index < -0.39 is 18.1 Å². The summed E-state index contributed by atoms with van der Waals surface area (Å²) >= 11 is 0. The van der Waals surface area contributed by atoms with Crippen LogP contribution in [0.3, 0.4) is 0 Å². The number of rotatable bonds is 6. The first-order valence-corrected chi connectivity index (χ1v) is 6.02. The molecule has 0 heterocycles. The number of ether oxygens (including phenoxy) is 1. The number of amides is 2. The minimum Gasteiger partial charge on any atom is -0.479 e. The van der Waals surface area contributed by atoms with Gasteiger partial charge in [0.05, 0.1) is 17.9 Å². The quantitative estimate of drug-likeness (QED) is 0.723. The molecule has 1 aromatic rings. The van der Waals surface area contributed by atoms with Gasteiger partial charge in [-0.1, -0.05) is 12.1 Å². The lowest BCUT2D eigenvalue weighted by atomic mass is 10.2. The molecule has 110 valence electrons. The molecule has 0 bridgehead atoms. The Morgan fingerprint density at radius 2 is 2.00 bits per heavy atom. The zero-order valence-electron chi connectivity index (χ0n) is 11.7. The highest BCUT2D eigenvalue weighted by molar-refractivity contribution is 5.93. The molecule has 0 fully saturated rings. The van der Waals surface area contributed by atoms with Crippen LogP contribution in [0.25, 0.3) is 0 Å². The fraction of sp³-hybridized carbons (Fsp3) is 0.385. The molecule has 1 unspecified atom stereocenters. The van der Waals surface area contributed by atoms with Gasteiger partial charge in [-0.05, 0) is 12.1 Å². The first kappa shape index (κ1) is 15.8. The highest BCUT2D eigenvalue weighted by atomic mass is 16.5. The van der Waals surface area contributed by atoms with Crippen molar-refractivity contribution in [3.8, 4) is 0 Å². The molecule has 0 saturated heterocycles. The van der Waals surface area contributed by atoms with Gasteiger partial charge in [-0.2, -0.15) is 0 Å². The SMILES string of the molecule is COC(CNC(=O)Nc1ccccc1N(C)C)C(=O)O. The van der Waals surface area contributed by atoms with Gasteiger partial charge in [0.1, 0.15) is 0 Å². The van der Waals surface area contributed by atoms with Crippen molar-refractivity contribution in [3.05, 3.63) is 24.3 Å². The molecule has 0 saturated carbocycles. The van der Waals surface area contributed by atoms with Crippen molar-refractivity contribution in [3.63, 3.8) is 0 Å². The maximum Gasteiger partial charge on any atom is 0.334 e. The molecular formula is C13H19N3O4. The standard InChI is InChI=1S/C13H19N3O4/c1-16(2)10-7-5-4-6-9(10)15-13(19)14-8-11(20-3)12(17)18/h4-7,11H,8H2,1-3H3,(H,17,18)(H2,14,15,19). The van der Waals surface area contributed by atoms with Gasteiger partial charge in [-0.3, -0.25) is 0 Å². The normalized spacial score (nSPS) is 11.6. The number of hydrogen-bond acceptors (Lipinski definition) is 4. The Labute approximate surface area is 117 Å². The molecule has 20 heavy (non-hydrogen) atoms. The smallest absolute Gasteiger partial charge is 0.334 e. The number of nitrogens with one attached hydrogen (secondary N) is 2. The summed E-state index contributed by atoms with van der Waals surface area (Å²) in [5, 5.41) is 13.9. The highest BCUT2D eigenvalue weighted by Gasteiger charge is 2.17. The van der Waals surface area contributed by atoms with Crippen LogP contribution in [0.5, 0.6) is 0 Å². The Kier molecular flexibility index (Phi) is 5.79. The minimum absolute atomic E-state index is 0.109. The Hall–Kier alpha value is -2.28. The predicted octanol–water partition coefficient (Wildman–Crippen LogP) is 0.974. The minimum atomic E-state index is -1.12. The van der Waals surface area contributed by atoms with E-state index in [-0.39, 0.29) is 6.54 Å². The maximum atomic E-state index is 11.7. The van der Waals surface area contributed by atoms with E-state index in [4.69, 9.17) is 9.84 Å². The van der Waals surface area contributed by atoms with Crippen LogP contribution in [0.2, 0.25) is 0 Å². The first-order chi connectivity index (χ1) is 9.45. The van der Waals surface area contributed by atoms with Gasteiger partial charge < -0.3 is 25.4 Å². The summed E-state index contributed by atoms with van der Waals surface area (Å²) in [6, 6.07) is 6.81. The maximum absolute atomic E-state index is 11.7. The summed E-state index contributed by atoms with van der Waals surface area (Å²) in [5.74, 6) is -1.12. The van der Waals surface area contributed by atoms with Crippen molar-refractivity contribution >= 4 is 23.4 Å². The van der Waals surface area contributed by atoms with Crippen LogP contribution >= 0.6 is 0 Å². The van der Waals surface area contributed by atoms with Crippen molar-refractivity contribution in [2.24, 2.45) is 0 Å². The molecule has 1 aromatic carbocycles. The van der Waals surface area contributed by atoms with Gasteiger partial charge in [0.2, 0.25) is 0 Å². The van der Waals surface area contributed by atoms with Crippen molar-refractivity contribution in [1.29, 1.82) is 0 Å². The number of carbonyl (C=O) groups is 2. The van der Waals surface area contributed by atoms with E-state index in [1.54, 1.807) is 12.1 Å². The summed E-state index contributed by atoms with van der Waals surface area (Å²) in [6.45, 7) is -0.109. The number of benzene rings is 1. The Bertz CT molecular complexity index is 476. The monoisotopic (exact) mass is 281 g/mol. The third-order valence-corrected chi connectivity index (χ3v) is 2.64. The summed E-state index contributed by atoms with van der Waals surface area (Å²) in [7, 11) is 5.01. The van der Waals surface area contributed by atoms with Crippen molar-refractivity contribution in [2.45, 2.75) is 6.10 Å². The topological polar surface area (TPSA) is 90.9 Å². The number of methoxy groups -OCH3 is 1. The lowest BCUT2D eigenvalue weighted by Gasteiger charge is -2.18. The average Bonchev–Trinajstić information content (AvgIpc) is 2.39. The molecule has 2 amide bonds. The van der Waals surface area contributed by atoms with Gasteiger partial charge in [0.25, 0.3) is 0 Å². The molecule has 0 aliphatic carbocycles. The molecule has 1 rings (SSSR count). The number of anilines is 2. The fourth-order valence-corrected chi connectivity index (χ4v) is 1.59. The van der Waals surface area contributed by atoms with E-state index >= 15 is 0 Å². The number of para-hydroxylation sites is 2. The van der Waals surface area contributed by atoms with E-state index in [9.17, 15) is 9.59 Å². The van der Waals surface area contributed by atoms with Crippen LogP contribution in [0.15, 0.2) is 24.3 Å². The summed E-state index contributed by atoms with van der Waals surface area (Å²) in [5.41, 5.74) is 1.49. The largest absolute Gasteiger partial charge is 0.479 e. The number of hydrogen-bond donors (Lipinski definition) is 3. The van der Waals surface area contributed by atoms with Gasteiger partial charge in [-0.15, -0.1) is 0 Å². The first-order valence-electron chi connectivity index (χ1n) is 6.02. The number of aliphatic carboxylic acids is 1. The van der Waals surface area contributed by atoms with Crippen molar-refractivity contribution in [1.82, 2.24) is 5.32 Å². The van der Waals surface area contributed by atoms with Gasteiger partial charge in [-0.25, -0.2) is 9.59 Å². The average molecular weight is 281 g/mol. The number of carboxylic acids is 1. The van der Waals surface area contributed by atoms with Crippen LogP contribution in [0, 0.1) is 0 Å². The lowest BCUT2D eigenvalue weighted by molar-refractivity contribution is -0.147. The van der Waals surface area contributed by atoms with Crippen molar-refractivity contribution in [2.75, 3.05) is 38.0 Å². The molecule has 0 spiro atoms. The number of urea groups is 1. The highest BCUT2D eigenvalue weighted by Crippen LogP contribution is 2.23. The fourth-order valence-electron chi connectivity index (χ4n) is 1.59. The van der Waals surface area contributed by atoms with Crippen LogP contribution in [-0.4, -0.2) is 51.0 Å². The molecular weight excluding hydrogens is 262 g/mol. The van der Waals surface area contributed by atoms with Crippen LogP contribution in [0.1, 0.15) is 0 Å². The number of carbonyl (C=O) groups excluding carboxylic acids is 1. The molecule has 7 heteroatoms. The Morgan fingerprint density at radius 1 is 1.35 bits per heavy atom. The van der Waals surface area contributed by atoms with E-state index in [0.717, 1.165) is 5.69 Å². The summed E-state index contributed by atoms with van der Waals surface area (Å²) < 4.78 is 4.72. The Morgan fingerprint density at radius 3 is 2.55 bits per heavy atom. The second-order valence-electron chi connectivity index (χ2n) is 4.31. The van der Waals surface area contributed by atoms with Crippen LogP contribution < -0.4 is 15.5 Å². The number of nitrogens with zero attached hydrogens (tertiary/aromatic N) is 1. The lowest BCUT2D eigenvalue weighted by Crippen LogP contribution is -2.39. The van der Waals surface area contributed by atoms with Crippen LogP contribution in [-0.2, 0) is 9.53 Å². The molecule has 1 atom stereocenters. The zero-order chi connectivity index (χ0) is 15.1. The third kappa shape index (κ3) is 4.43. The van der Waals surface area contributed by atoms with E-state index in [1.807, 2.05) is 31.1 Å². The second-order valence-corrected chi connectivity index (χ2v) is 4.31. The molecule has 0 aliphatic rings. The van der Waals surface area contributed by atoms with Crippen molar-refractivity contribution < 1.29 is 19.4 Å². The van der Waals surface area contributed by atoms with E-state index in [0.29, 0.717) is 5.69 Å². The summed E-state index contributed by atoms with van der Waals surface area (Å²) in [6.07, 6.45) is -1.06. The molecule has 7 nitrogen and oxygen atoms in total. The summed E-state index contributed by atoms with van der Waals surface area (Å²) in [4.78, 5) is 24.3. The third-order valence-electron chi connectivity index (χ3n) is 2.64.